The first-order chi connectivity index (χ1) is 15.4. The van der Waals surface area contributed by atoms with Crippen LogP contribution in [0.4, 0.5) is 0 Å². The number of aryl methyl sites for hydroxylation is 2. The Morgan fingerprint density at radius 3 is 2.59 bits per heavy atom. The molecule has 1 saturated heterocycles. The maximum absolute atomic E-state index is 12.0. The highest BCUT2D eigenvalue weighted by molar-refractivity contribution is 6.31. The second kappa shape index (κ2) is 9.66. The summed E-state index contributed by atoms with van der Waals surface area (Å²) in [4.78, 5) is 13.8. The van der Waals surface area contributed by atoms with Crippen molar-refractivity contribution in [3.63, 3.8) is 0 Å². The molecule has 1 N–H and O–H groups in total. The number of phenols is 1. The maximum atomic E-state index is 12.0. The first-order valence-electron chi connectivity index (χ1n) is 11.1. The number of carbonyl (C=O) groups excluding carboxylic acids is 1. The number of ether oxygens (including phenoxy) is 1. The Morgan fingerprint density at radius 1 is 1.09 bits per heavy atom. The number of hydrogen-bond acceptors (Lipinski definition) is 3. The molecule has 4 rings (SSSR count). The van der Waals surface area contributed by atoms with E-state index in [0.717, 1.165) is 53.7 Å². The molecule has 3 aromatic carbocycles. The monoisotopic (exact) mass is 449 g/mol. The van der Waals surface area contributed by atoms with E-state index in [-0.39, 0.29) is 18.3 Å². The Kier molecular flexibility index (Phi) is 6.71. The highest BCUT2D eigenvalue weighted by atomic mass is 35.5. The largest absolute Gasteiger partial charge is 0.507 e. The van der Waals surface area contributed by atoms with Gasteiger partial charge in [-0.2, -0.15) is 0 Å². The molecule has 4 nitrogen and oxygen atoms in total. The first kappa shape index (κ1) is 22.2. The first-order valence-corrected chi connectivity index (χ1v) is 11.4. The molecule has 166 valence electrons. The molecule has 0 atom stereocenters. The normalized spacial score (nSPS) is 13.0. The average Bonchev–Trinajstić information content (AvgIpc) is 2.74. The van der Waals surface area contributed by atoms with Gasteiger partial charge in [0.15, 0.2) is 6.61 Å². The predicted octanol–water partition coefficient (Wildman–Crippen LogP) is 5.79. The molecule has 1 heterocycles. The Balaban J connectivity index is 1.52. The molecule has 0 aromatic heterocycles. The van der Waals surface area contributed by atoms with E-state index < -0.39 is 0 Å². The van der Waals surface area contributed by atoms with Gasteiger partial charge in [0, 0.05) is 23.7 Å². The summed E-state index contributed by atoms with van der Waals surface area (Å²) in [5, 5.41) is 11.1. The lowest BCUT2D eigenvalue weighted by atomic mass is 9.95. The molecule has 0 bridgehead atoms. The van der Waals surface area contributed by atoms with E-state index in [1.54, 1.807) is 17.0 Å². The molecule has 32 heavy (non-hydrogen) atoms. The Hall–Kier alpha value is -2.98. The highest BCUT2D eigenvalue weighted by Crippen LogP contribution is 2.33. The van der Waals surface area contributed by atoms with Gasteiger partial charge in [0.2, 0.25) is 0 Å². The third-order valence-electron chi connectivity index (χ3n) is 6.05. The summed E-state index contributed by atoms with van der Waals surface area (Å²) in [5.74, 6) is 0.881. The van der Waals surface area contributed by atoms with Crippen LogP contribution in [0.3, 0.4) is 0 Å². The Bertz CT molecular complexity index is 1110. The van der Waals surface area contributed by atoms with Gasteiger partial charge in [-0.3, -0.25) is 4.79 Å². The third-order valence-corrected chi connectivity index (χ3v) is 6.39. The lowest BCUT2D eigenvalue weighted by Crippen LogP contribution is -2.44. The van der Waals surface area contributed by atoms with E-state index in [9.17, 15) is 9.90 Å². The van der Waals surface area contributed by atoms with Crippen LogP contribution in [0.15, 0.2) is 54.6 Å². The van der Waals surface area contributed by atoms with E-state index >= 15 is 0 Å². The number of amides is 1. The summed E-state index contributed by atoms with van der Waals surface area (Å²) in [6.45, 7) is 5.79. The van der Waals surface area contributed by atoms with Crippen LogP contribution in [-0.4, -0.2) is 35.6 Å². The van der Waals surface area contributed by atoms with Crippen molar-refractivity contribution in [2.24, 2.45) is 0 Å². The van der Waals surface area contributed by atoms with Gasteiger partial charge in [0.1, 0.15) is 11.5 Å². The van der Waals surface area contributed by atoms with Gasteiger partial charge < -0.3 is 14.7 Å². The van der Waals surface area contributed by atoms with Gasteiger partial charge in [-0.05, 0) is 78.3 Å². The molecular formula is C27H28ClNO3. The summed E-state index contributed by atoms with van der Waals surface area (Å²) in [5.41, 5.74) is 6.12. The smallest absolute Gasteiger partial charge is 0.260 e. The summed E-state index contributed by atoms with van der Waals surface area (Å²) in [6.07, 6.45) is 2.65. The van der Waals surface area contributed by atoms with Crippen LogP contribution < -0.4 is 4.74 Å². The van der Waals surface area contributed by atoms with Crippen LogP contribution in [0.1, 0.15) is 35.6 Å². The molecule has 1 fully saturated rings. The fourth-order valence-corrected chi connectivity index (χ4v) is 4.26. The van der Waals surface area contributed by atoms with Gasteiger partial charge in [-0.15, -0.1) is 0 Å². The number of phenolic OH excluding ortho intramolecular Hbond substituents is 1. The van der Waals surface area contributed by atoms with Gasteiger partial charge in [0.05, 0.1) is 0 Å². The molecule has 0 unspecified atom stereocenters. The quantitative estimate of drug-likeness (QED) is 0.497. The molecule has 1 amide bonds. The molecule has 3 aromatic rings. The fraction of sp³-hybridized carbons (Fsp3) is 0.296. The number of rotatable bonds is 7. The molecule has 1 aliphatic rings. The number of aromatic hydroxyl groups is 1. The van der Waals surface area contributed by atoms with Crippen LogP contribution >= 0.6 is 11.6 Å². The van der Waals surface area contributed by atoms with Crippen molar-refractivity contribution in [3.05, 3.63) is 81.9 Å². The summed E-state index contributed by atoms with van der Waals surface area (Å²) in [6, 6.07) is 17.6. The van der Waals surface area contributed by atoms with Crippen molar-refractivity contribution in [1.82, 2.24) is 4.90 Å². The van der Waals surface area contributed by atoms with Gasteiger partial charge >= 0.3 is 0 Å². The van der Waals surface area contributed by atoms with Gasteiger partial charge in [-0.25, -0.2) is 0 Å². The van der Waals surface area contributed by atoms with Crippen molar-refractivity contribution in [2.45, 2.75) is 33.1 Å². The van der Waals surface area contributed by atoms with E-state index in [1.165, 1.54) is 5.56 Å². The van der Waals surface area contributed by atoms with E-state index in [4.69, 9.17) is 16.3 Å². The summed E-state index contributed by atoms with van der Waals surface area (Å²) >= 11 is 6.60. The molecule has 0 saturated carbocycles. The molecule has 1 aliphatic heterocycles. The lowest BCUT2D eigenvalue weighted by Gasteiger charge is -2.30. The van der Waals surface area contributed by atoms with Crippen LogP contribution in [0.25, 0.3) is 11.1 Å². The van der Waals surface area contributed by atoms with Crippen molar-refractivity contribution in [1.29, 1.82) is 0 Å². The summed E-state index contributed by atoms with van der Waals surface area (Å²) < 4.78 is 5.70. The van der Waals surface area contributed by atoms with Crippen molar-refractivity contribution < 1.29 is 14.6 Å². The van der Waals surface area contributed by atoms with Crippen molar-refractivity contribution in [2.75, 3.05) is 19.7 Å². The minimum Gasteiger partial charge on any atom is -0.507 e. The third kappa shape index (κ3) is 4.91. The van der Waals surface area contributed by atoms with Crippen LogP contribution in [0.5, 0.6) is 11.5 Å². The number of halogens is 1. The number of carbonyl (C=O) groups is 1. The number of likely N-dealkylation sites (tertiary alicyclic amines) is 1. The van der Waals surface area contributed by atoms with Crippen LogP contribution in [0.2, 0.25) is 5.02 Å². The highest BCUT2D eigenvalue weighted by Gasteiger charge is 2.20. The molecule has 5 heteroatoms. The minimum atomic E-state index is 0.0119. The fourth-order valence-electron chi connectivity index (χ4n) is 3.94. The SMILES string of the molecule is CCc1cccc(-c2cc(Cc3c(C)cc(OCC(=O)N4CCC4)cc3Cl)ccc2O)c1. The molecular weight excluding hydrogens is 422 g/mol. The Morgan fingerprint density at radius 2 is 1.91 bits per heavy atom. The summed E-state index contributed by atoms with van der Waals surface area (Å²) in [7, 11) is 0. The number of benzene rings is 3. The van der Waals surface area contributed by atoms with Crippen LogP contribution in [0, 0.1) is 6.92 Å². The standard InChI is InChI=1S/C27H28ClNO3/c1-3-19-6-4-7-21(13-19)24-15-20(8-9-26(24)30)14-23-18(2)12-22(16-25(23)28)32-17-27(31)29-10-5-11-29/h4,6-9,12-13,15-16,30H,3,5,10-11,14,17H2,1-2H3. The van der Waals surface area contributed by atoms with E-state index in [2.05, 4.69) is 19.1 Å². The molecule has 0 aliphatic carbocycles. The maximum Gasteiger partial charge on any atom is 0.260 e. The van der Waals surface area contributed by atoms with E-state index in [0.29, 0.717) is 17.2 Å². The topological polar surface area (TPSA) is 49.8 Å². The number of nitrogens with zero attached hydrogens (tertiary/aromatic N) is 1. The zero-order valence-corrected chi connectivity index (χ0v) is 19.3. The second-order valence-corrected chi connectivity index (χ2v) is 8.71. The lowest BCUT2D eigenvalue weighted by molar-refractivity contribution is -0.136. The average molecular weight is 450 g/mol. The zero-order chi connectivity index (χ0) is 22.7. The van der Waals surface area contributed by atoms with Crippen molar-refractivity contribution >= 4 is 17.5 Å². The minimum absolute atomic E-state index is 0.0119. The number of hydrogen-bond donors (Lipinski definition) is 1. The Labute approximate surface area is 194 Å². The molecule has 0 spiro atoms. The van der Waals surface area contributed by atoms with Crippen molar-refractivity contribution in [3.8, 4) is 22.6 Å². The van der Waals surface area contributed by atoms with Crippen LogP contribution in [-0.2, 0) is 17.6 Å². The molecule has 0 radical (unpaired) electrons. The van der Waals surface area contributed by atoms with Gasteiger partial charge in [-0.1, -0.05) is 48.9 Å². The van der Waals surface area contributed by atoms with E-state index in [1.807, 2.05) is 37.3 Å². The second-order valence-electron chi connectivity index (χ2n) is 8.31. The zero-order valence-electron chi connectivity index (χ0n) is 18.5. The predicted molar refractivity (Wildman–Crippen MR) is 129 cm³/mol. The van der Waals surface area contributed by atoms with Gasteiger partial charge in [0.25, 0.3) is 5.91 Å².